The van der Waals surface area contributed by atoms with Gasteiger partial charge in [-0.2, -0.15) is 17.9 Å². The van der Waals surface area contributed by atoms with E-state index in [9.17, 15) is 26.4 Å². The Balaban J connectivity index is 1.69. The van der Waals surface area contributed by atoms with Crippen molar-refractivity contribution < 1.29 is 26.4 Å². The van der Waals surface area contributed by atoms with Gasteiger partial charge in [-0.05, 0) is 43.7 Å². The van der Waals surface area contributed by atoms with Gasteiger partial charge in [-0.15, -0.1) is 11.3 Å². The van der Waals surface area contributed by atoms with Gasteiger partial charge in [-0.3, -0.25) is 0 Å². The Labute approximate surface area is 197 Å². The minimum Gasteiger partial charge on any atom is -0.308 e. The number of sulfonamides is 1. The predicted molar refractivity (Wildman–Crippen MR) is 123 cm³/mol. The van der Waals surface area contributed by atoms with Crippen molar-refractivity contribution >= 4 is 50.4 Å². The Morgan fingerprint density at radius 3 is 2.27 bits per heavy atom. The Kier molecular flexibility index (Phi) is 7.03. The van der Waals surface area contributed by atoms with Crippen LogP contribution in [0.25, 0.3) is 10.4 Å². The van der Waals surface area contributed by atoms with E-state index in [0.717, 1.165) is 11.3 Å². The summed E-state index contributed by atoms with van der Waals surface area (Å²) in [4.78, 5) is 16.9. The summed E-state index contributed by atoms with van der Waals surface area (Å²) in [5.74, 6) is 0. The van der Waals surface area contributed by atoms with E-state index < -0.39 is 27.1 Å². The number of para-hydroxylation sites is 1. The van der Waals surface area contributed by atoms with E-state index in [1.807, 2.05) is 0 Å². The van der Waals surface area contributed by atoms with Gasteiger partial charge in [0.25, 0.3) is 0 Å². The lowest BCUT2D eigenvalue weighted by Crippen LogP contribution is -2.46. The van der Waals surface area contributed by atoms with E-state index in [1.54, 1.807) is 53.3 Å². The number of alkyl halides is 3. The molecule has 2 amide bonds. The molecule has 0 aliphatic heterocycles. The maximum Gasteiger partial charge on any atom is 0.511 e. The van der Waals surface area contributed by atoms with Crippen LogP contribution in [0.1, 0.15) is 18.9 Å². The van der Waals surface area contributed by atoms with E-state index in [0.29, 0.717) is 26.8 Å². The van der Waals surface area contributed by atoms with Crippen molar-refractivity contribution in [1.29, 1.82) is 0 Å². The molecule has 0 unspecified atom stereocenters. The normalized spacial score (nSPS) is 12.4. The fraction of sp³-hybridized carbons (Fsp3) is 0.200. The van der Waals surface area contributed by atoms with Gasteiger partial charge in [0.2, 0.25) is 0 Å². The number of halogens is 4. The first-order chi connectivity index (χ1) is 15.3. The average molecular weight is 519 g/mol. The SMILES string of the molecule is CC(C)(NS(=O)(=O)C(F)(F)F)c1ncc(-c2ccc(NC(=O)Nc3ccccc3Cl)cc2)s1. The van der Waals surface area contributed by atoms with Crippen molar-refractivity contribution in [2.24, 2.45) is 0 Å². The molecule has 0 saturated carbocycles. The lowest BCUT2D eigenvalue weighted by atomic mass is 10.1. The van der Waals surface area contributed by atoms with Crippen molar-refractivity contribution in [3.8, 4) is 10.4 Å². The second kappa shape index (κ2) is 9.29. The maximum absolute atomic E-state index is 12.7. The monoisotopic (exact) mass is 518 g/mol. The quantitative estimate of drug-likeness (QED) is 0.385. The Morgan fingerprint density at radius 1 is 1.03 bits per heavy atom. The van der Waals surface area contributed by atoms with E-state index in [1.165, 1.54) is 20.0 Å². The van der Waals surface area contributed by atoms with Gasteiger partial charge in [0.15, 0.2) is 0 Å². The fourth-order valence-electron chi connectivity index (χ4n) is 2.70. The molecular formula is C20H18ClF3N4O3S2. The van der Waals surface area contributed by atoms with Crippen molar-refractivity contribution in [2.75, 3.05) is 10.6 Å². The first-order valence-corrected chi connectivity index (χ1v) is 12.0. The number of anilines is 2. The van der Waals surface area contributed by atoms with Crippen molar-refractivity contribution in [1.82, 2.24) is 9.71 Å². The number of amides is 2. The van der Waals surface area contributed by atoms with E-state index in [4.69, 9.17) is 11.6 Å². The molecule has 1 aromatic heterocycles. The van der Waals surface area contributed by atoms with Gasteiger partial charge in [0, 0.05) is 11.9 Å². The molecule has 0 radical (unpaired) electrons. The zero-order valence-electron chi connectivity index (χ0n) is 17.2. The van der Waals surface area contributed by atoms with Crippen LogP contribution in [0.5, 0.6) is 0 Å². The molecule has 0 bridgehead atoms. The maximum atomic E-state index is 12.7. The molecule has 0 atom stereocenters. The highest BCUT2D eigenvalue weighted by molar-refractivity contribution is 7.90. The van der Waals surface area contributed by atoms with Gasteiger partial charge in [-0.25, -0.2) is 18.2 Å². The van der Waals surface area contributed by atoms with Crippen LogP contribution in [-0.4, -0.2) is 24.9 Å². The molecule has 0 aliphatic rings. The highest BCUT2D eigenvalue weighted by atomic mass is 35.5. The number of benzene rings is 2. The van der Waals surface area contributed by atoms with Crippen molar-refractivity contribution in [3.05, 3.63) is 64.8 Å². The van der Waals surface area contributed by atoms with Crippen LogP contribution in [0, 0.1) is 0 Å². The summed E-state index contributed by atoms with van der Waals surface area (Å²) in [5.41, 5.74) is -5.37. The molecule has 0 spiro atoms. The molecule has 176 valence electrons. The molecule has 13 heteroatoms. The summed E-state index contributed by atoms with van der Waals surface area (Å²) < 4.78 is 62.7. The Morgan fingerprint density at radius 2 is 1.67 bits per heavy atom. The zero-order valence-corrected chi connectivity index (χ0v) is 19.6. The van der Waals surface area contributed by atoms with Crippen LogP contribution in [0.2, 0.25) is 5.02 Å². The molecule has 1 heterocycles. The molecule has 3 rings (SSSR count). The molecule has 0 fully saturated rings. The van der Waals surface area contributed by atoms with E-state index in [2.05, 4.69) is 15.6 Å². The third-order valence-corrected chi connectivity index (χ3v) is 7.37. The number of nitrogens with one attached hydrogen (secondary N) is 3. The van der Waals surface area contributed by atoms with E-state index >= 15 is 0 Å². The highest BCUT2D eigenvalue weighted by Crippen LogP contribution is 2.34. The molecule has 2 aromatic carbocycles. The number of aromatic nitrogens is 1. The molecule has 7 nitrogen and oxygen atoms in total. The van der Waals surface area contributed by atoms with Gasteiger partial charge >= 0.3 is 21.6 Å². The molecular weight excluding hydrogens is 501 g/mol. The Hall–Kier alpha value is -2.67. The van der Waals surface area contributed by atoms with Crippen LogP contribution in [0.4, 0.5) is 29.3 Å². The van der Waals surface area contributed by atoms with Crippen LogP contribution in [0.3, 0.4) is 0 Å². The third-order valence-electron chi connectivity index (χ3n) is 4.28. The first-order valence-electron chi connectivity index (χ1n) is 9.28. The smallest absolute Gasteiger partial charge is 0.308 e. The second-order valence-electron chi connectivity index (χ2n) is 7.34. The molecule has 3 aromatic rings. The number of urea groups is 1. The summed E-state index contributed by atoms with van der Waals surface area (Å²) >= 11 is 7.06. The predicted octanol–water partition coefficient (Wildman–Crippen LogP) is 5.78. The number of nitrogens with zero attached hydrogens (tertiary/aromatic N) is 1. The lowest BCUT2D eigenvalue weighted by Gasteiger charge is -2.24. The molecule has 33 heavy (non-hydrogen) atoms. The van der Waals surface area contributed by atoms with Crippen LogP contribution in [-0.2, 0) is 15.6 Å². The standard InChI is InChI=1S/C20H18ClF3N4O3S2/c1-19(2,28-33(30,31)20(22,23)24)17-25-11-16(32-17)12-7-9-13(10-8-12)26-18(29)27-15-6-4-3-5-14(15)21/h3-11,28H,1-2H3,(H2,26,27,29). The number of rotatable bonds is 6. The van der Waals surface area contributed by atoms with Crippen LogP contribution < -0.4 is 15.4 Å². The minimum absolute atomic E-state index is 0.159. The largest absolute Gasteiger partial charge is 0.511 e. The van der Waals surface area contributed by atoms with Crippen LogP contribution >= 0.6 is 22.9 Å². The summed E-state index contributed by atoms with van der Waals surface area (Å²) in [6, 6.07) is 12.9. The number of carbonyl (C=O) groups is 1. The lowest BCUT2D eigenvalue weighted by molar-refractivity contribution is -0.0455. The number of carbonyl (C=O) groups excluding carboxylic acids is 1. The fourth-order valence-corrected chi connectivity index (χ4v) is 4.81. The summed E-state index contributed by atoms with van der Waals surface area (Å²) in [6.45, 7) is 2.59. The van der Waals surface area contributed by atoms with Crippen molar-refractivity contribution in [3.63, 3.8) is 0 Å². The summed E-state index contributed by atoms with van der Waals surface area (Å²) in [7, 11) is -5.54. The Bertz CT molecular complexity index is 1260. The molecule has 3 N–H and O–H groups in total. The van der Waals surface area contributed by atoms with Crippen molar-refractivity contribution in [2.45, 2.75) is 24.9 Å². The topological polar surface area (TPSA) is 100 Å². The molecule has 0 saturated heterocycles. The summed E-state index contributed by atoms with van der Waals surface area (Å²) in [5, 5.41) is 5.84. The third kappa shape index (κ3) is 6.02. The summed E-state index contributed by atoms with van der Waals surface area (Å²) in [6.07, 6.45) is 1.44. The second-order valence-corrected chi connectivity index (χ2v) is 10.5. The zero-order chi connectivity index (χ0) is 24.4. The number of thiazole rings is 1. The average Bonchev–Trinajstić information content (AvgIpc) is 3.20. The van der Waals surface area contributed by atoms with Gasteiger partial charge in [0.1, 0.15) is 5.01 Å². The van der Waals surface area contributed by atoms with Crippen LogP contribution in [0.15, 0.2) is 54.7 Å². The van der Waals surface area contributed by atoms with Gasteiger partial charge in [0.05, 0.1) is 21.1 Å². The van der Waals surface area contributed by atoms with Gasteiger partial charge in [-0.1, -0.05) is 35.9 Å². The van der Waals surface area contributed by atoms with Gasteiger partial charge < -0.3 is 10.6 Å². The first kappa shape index (κ1) is 25.0. The van der Waals surface area contributed by atoms with E-state index in [-0.39, 0.29) is 5.01 Å². The molecule has 0 aliphatic carbocycles. The number of hydrogen-bond donors (Lipinski definition) is 3. The highest BCUT2D eigenvalue weighted by Gasteiger charge is 2.49. The minimum atomic E-state index is -5.54. The number of hydrogen-bond acceptors (Lipinski definition) is 5.